The molecule has 0 radical (unpaired) electrons. The molecule has 2 aliphatic rings. The van der Waals surface area contributed by atoms with Crippen LogP contribution >= 0.6 is 0 Å². The maximum Gasteiger partial charge on any atom is 0.0572 e. The predicted octanol–water partition coefficient (Wildman–Crippen LogP) is 2.16. The summed E-state index contributed by atoms with van der Waals surface area (Å²) in [5.74, 6) is 0. The van der Waals surface area contributed by atoms with Crippen LogP contribution in [0.2, 0.25) is 0 Å². The van der Waals surface area contributed by atoms with Gasteiger partial charge < -0.3 is 10.6 Å². The summed E-state index contributed by atoms with van der Waals surface area (Å²) in [6.07, 6.45) is 5.64. The van der Waals surface area contributed by atoms with Crippen LogP contribution in [0.4, 0.5) is 5.69 Å². The van der Waals surface area contributed by atoms with Gasteiger partial charge in [0.2, 0.25) is 0 Å². The summed E-state index contributed by atoms with van der Waals surface area (Å²) in [7, 11) is 0. The molecule has 3 atom stereocenters. The van der Waals surface area contributed by atoms with E-state index in [1.807, 2.05) is 6.20 Å². The molecule has 2 fully saturated rings. The minimum atomic E-state index is 0.0631. The minimum absolute atomic E-state index is 0.0631. The molecule has 3 heterocycles. The SMILES string of the molecule is CC[C@H](N)c1ccc(N2CC3CCCN3CC2C)cn1. The van der Waals surface area contributed by atoms with Crippen molar-refractivity contribution >= 4 is 5.69 Å². The molecule has 20 heavy (non-hydrogen) atoms. The lowest BCUT2D eigenvalue weighted by Crippen LogP contribution is -2.55. The van der Waals surface area contributed by atoms with Gasteiger partial charge in [-0.15, -0.1) is 0 Å². The van der Waals surface area contributed by atoms with Gasteiger partial charge in [0.1, 0.15) is 0 Å². The Balaban J connectivity index is 1.74. The molecule has 2 unspecified atom stereocenters. The summed E-state index contributed by atoms with van der Waals surface area (Å²) in [5, 5.41) is 0. The summed E-state index contributed by atoms with van der Waals surface area (Å²) < 4.78 is 0. The summed E-state index contributed by atoms with van der Waals surface area (Å²) in [6, 6.07) is 5.66. The summed E-state index contributed by atoms with van der Waals surface area (Å²) in [5.41, 5.74) is 8.29. The van der Waals surface area contributed by atoms with E-state index < -0.39 is 0 Å². The number of hydrogen-bond acceptors (Lipinski definition) is 4. The fourth-order valence-electron chi connectivity index (χ4n) is 3.54. The van der Waals surface area contributed by atoms with Gasteiger partial charge in [0.05, 0.1) is 17.6 Å². The van der Waals surface area contributed by atoms with Gasteiger partial charge in [0, 0.05) is 31.2 Å². The Morgan fingerprint density at radius 1 is 1.40 bits per heavy atom. The third-order valence-corrected chi connectivity index (χ3v) is 4.86. The smallest absolute Gasteiger partial charge is 0.0572 e. The van der Waals surface area contributed by atoms with Crippen LogP contribution in [0.3, 0.4) is 0 Å². The molecule has 1 aromatic heterocycles. The van der Waals surface area contributed by atoms with Gasteiger partial charge in [0.15, 0.2) is 0 Å². The van der Waals surface area contributed by atoms with Crippen LogP contribution in [0.5, 0.6) is 0 Å². The second-order valence-electron chi connectivity index (χ2n) is 6.25. The topological polar surface area (TPSA) is 45.4 Å². The van der Waals surface area contributed by atoms with E-state index in [-0.39, 0.29) is 6.04 Å². The van der Waals surface area contributed by atoms with E-state index in [1.165, 1.54) is 31.6 Å². The van der Waals surface area contributed by atoms with Gasteiger partial charge in [-0.3, -0.25) is 9.88 Å². The number of pyridine rings is 1. The largest absolute Gasteiger partial charge is 0.365 e. The van der Waals surface area contributed by atoms with Crippen LogP contribution < -0.4 is 10.6 Å². The molecule has 0 amide bonds. The molecule has 0 saturated carbocycles. The Hall–Kier alpha value is -1.13. The van der Waals surface area contributed by atoms with Crippen molar-refractivity contribution in [2.24, 2.45) is 5.73 Å². The van der Waals surface area contributed by atoms with Gasteiger partial charge in [-0.1, -0.05) is 6.92 Å². The third-order valence-electron chi connectivity index (χ3n) is 4.86. The Morgan fingerprint density at radius 3 is 2.95 bits per heavy atom. The Morgan fingerprint density at radius 2 is 2.25 bits per heavy atom. The molecular weight excluding hydrogens is 248 g/mol. The summed E-state index contributed by atoms with van der Waals surface area (Å²) in [6.45, 7) is 8.02. The summed E-state index contributed by atoms with van der Waals surface area (Å²) >= 11 is 0. The molecule has 2 N–H and O–H groups in total. The highest BCUT2D eigenvalue weighted by molar-refractivity contribution is 5.47. The quantitative estimate of drug-likeness (QED) is 0.917. The maximum absolute atomic E-state index is 6.04. The average Bonchev–Trinajstić information content (AvgIpc) is 2.93. The van der Waals surface area contributed by atoms with Gasteiger partial charge >= 0.3 is 0 Å². The van der Waals surface area contributed by atoms with Crippen molar-refractivity contribution in [2.75, 3.05) is 24.5 Å². The van der Waals surface area contributed by atoms with E-state index in [2.05, 4.69) is 40.8 Å². The van der Waals surface area contributed by atoms with Crippen LogP contribution in [-0.2, 0) is 0 Å². The van der Waals surface area contributed by atoms with Crippen LogP contribution in [0.1, 0.15) is 44.8 Å². The third kappa shape index (κ3) is 2.54. The molecule has 4 heteroatoms. The zero-order valence-corrected chi connectivity index (χ0v) is 12.6. The standard InChI is InChI=1S/C16H26N4/c1-3-15(17)16-7-6-13(9-18-16)20-11-14-5-4-8-19(14)10-12(20)2/h6-7,9,12,14-15H,3-5,8,10-11,17H2,1-2H3/t12?,14?,15-/m0/s1. The molecule has 0 spiro atoms. The van der Waals surface area contributed by atoms with E-state index >= 15 is 0 Å². The van der Waals surface area contributed by atoms with Crippen LogP contribution in [-0.4, -0.2) is 41.6 Å². The highest BCUT2D eigenvalue weighted by Crippen LogP contribution is 2.28. The van der Waals surface area contributed by atoms with Gasteiger partial charge in [-0.05, 0) is 44.9 Å². The molecule has 0 aliphatic carbocycles. The van der Waals surface area contributed by atoms with Crippen molar-refractivity contribution in [3.05, 3.63) is 24.0 Å². The van der Waals surface area contributed by atoms with Crippen molar-refractivity contribution in [3.63, 3.8) is 0 Å². The van der Waals surface area contributed by atoms with Crippen LogP contribution in [0.25, 0.3) is 0 Å². The number of anilines is 1. The number of piperazine rings is 1. The first-order chi connectivity index (χ1) is 9.69. The number of rotatable bonds is 3. The van der Waals surface area contributed by atoms with Crippen molar-refractivity contribution < 1.29 is 0 Å². The first kappa shape index (κ1) is 13.8. The lowest BCUT2D eigenvalue weighted by Gasteiger charge is -2.43. The monoisotopic (exact) mass is 274 g/mol. The molecular formula is C16H26N4. The highest BCUT2D eigenvalue weighted by atomic mass is 15.3. The molecule has 3 rings (SSSR count). The zero-order valence-electron chi connectivity index (χ0n) is 12.6. The predicted molar refractivity (Wildman–Crippen MR) is 82.9 cm³/mol. The minimum Gasteiger partial charge on any atom is -0.365 e. The Labute approximate surface area is 122 Å². The molecule has 0 aromatic carbocycles. The number of nitrogens with two attached hydrogens (primary N) is 1. The van der Waals surface area contributed by atoms with Gasteiger partial charge in [0.25, 0.3) is 0 Å². The summed E-state index contributed by atoms with van der Waals surface area (Å²) in [4.78, 5) is 9.73. The Kier molecular flexibility index (Phi) is 3.94. The molecule has 0 bridgehead atoms. The van der Waals surface area contributed by atoms with Crippen LogP contribution in [0.15, 0.2) is 18.3 Å². The maximum atomic E-state index is 6.04. The molecule has 2 aliphatic heterocycles. The average molecular weight is 274 g/mol. The lowest BCUT2D eigenvalue weighted by molar-refractivity contribution is 0.203. The Bertz CT molecular complexity index is 444. The van der Waals surface area contributed by atoms with Gasteiger partial charge in [-0.25, -0.2) is 0 Å². The molecule has 110 valence electrons. The van der Waals surface area contributed by atoms with E-state index in [0.717, 1.165) is 24.7 Å². The van der Waals surface area contributed by atoms with E-state index in [1.54, 1.807) is 0 Å². The van der Waals surface area contributed by atoms with E-state index in [9.17, 15) is 0 Å². The zero-order chi connectivity index (χ0) is 14.1. The van der Waals surface area contributed by atoms with E-state index in [0.29, 0.717) is 6.04 Å². The number of fused-ring (bicyclic) bond motifs is 1. The van der Waals surface area contributed by atoms with E-state index in [4.69, 9.17) is 5.73 Å². The molecule has 4 nitrogen and oxygen atoms in total. The first-order valence-electron chi connectivity index (χ1n) is 7.91. The fraction of sp³-hybridized carbons (Fsp3) is 0.688. The number of nitrogens with zero attached hydrogens (tertiary/aromatic N) is 3. The number of aromatic nitrogens is 1. The van der Waals surface area contributed by atoms with Crippen molar-refractivity contribution in [2.45, 2.75) is 51.2 Å². The molecule has 1 aromatic rings. The number of hydrogen-bond donors (Lipinski definition) is 1. The fourth-order valence-corrected chi connectivity index (χ4v) is 3.54. The van der Waals surface area contributed by atoms with Crippen LogP contribution in [0, 0.1) is 0 Å². The second-order valence-corrected chi connectivity index (χ2v) is 6.25. The molecule has 2 saturated heterocycles. The van der Waals surface area contributed by atoms with Crippen molar-refractivity contribution in [3.8, 4) is 0 Å². The van der Waals surface area contributed by atoms with Crippen molar-refractivity contribution in [1.29, 1.82) is 0 Å². The van der Waals surface area contributed by atoms with Crippen molar-refractivity contribution in [1.82, 2.24) is 9.88 Å². The van der Waals surface area contributed by atoms with Gasteiger partial charge in [-0.2, -0.15) is 0 Å². The highest BCUT2D eigenvalue weighted by Gasteiger charge is 2.34. The normalized spacial score (nSPS) is 28.4. The lowest BCUT2D eigenvalue weighted by atomic mass is 10.1. The first-order valence-corrected chi connectivity index (χ1v) is 7.91. The second kappa shape index (κ2) is 5.70.